The molecular formula is C25H27F2N5O2S. The number of carbonyl (C=O) groups is 1. The number of thioether (sulfide) groups is 1. The Morgan fingerprint density at radius 3 is 2.74 bits per heavy atom. The third-order valence-electron chi connectivity index (χ3n) is 6.48. The number of ether oxygens (including phenoxy) is 1. The van der Waals surface area contributed by atoms with Crippen molar-refractivity contribution in [3.63, 3.8) is 0 Å². The highest BCUT2D eigenvalue weighted by atomic mass is 32.2. The summed E-state index contributed by atoms with van der Waals surface area (Å²) in [5.74, 6) is 0.289. The van der Waals surface area contributed by atoms with E-state index < -0.39 is 11.6 Å². The predicted molar refractivity (Wildman–Crippen MR) is 132 cm³/mol. The Labute approximate surface area is 206 Å². The number of amides is 2. The number of hydrogen-bond donors (Lipinski definition) is 2. The van der Waals surface area contributed by atoms with Crippen LogP contribution in [0, 0.1) is 11.6 Å². The molecule has 1 aromatic heterocycles. The first kappa shape index (κ1) is 23.8. The molecule has 2 aliphatic heterocycles. The average Bonchev–Trinajstić information content (AvgIpc) is 3.56. The summed E-state index contributed by atoms with van der Waals surface area (Å²) in [5.41, 5.74) is 3.52. The molecule has 10 heteroatoms. The van der Waals surface area contributed by atoms with Gasteiger partial charge in [0.2, 0.25) is 0 Å². The van der Waals surface area contributed by atoms with Crippen molar-refractivity contribution in [1.82, 2.24) is 20.0 Å². The van der Waals surface area contributed by atoms with E-state index in [4.69, 9.17) is 9.84 Å². The molecular weight excluding hydrogens is 472 g/mol. The summed E-state index contributed by atoms with van der Waals surface area (Å²) < 4.78 is 34.5. The lowest BCUT2D eigenvalue weighted by Crippen LogP contribution is -2.42. The van der Waals surface area contributed by atoms with Crippen LogP contribution in [-0.2, 0) is 16.2 Å². The van der Waals surface area contributed by atoms with Crippen LogP contribution >= 0.6 is 11.8 Å². The summed E-state index contributed by atoms with van der Waals surface area (Å²) in [5, 5.41) is 10.8. The topological polar surface area (TPSA) is 71.4 Å². The van der Waals surface area contributed by atoms with E-state index in [1.54, 1.807) is 29.6 Å². The zero-order valence-electron chi connectivity index (χ0n) is 19.3. The van der Waals surface area contributed by atoms with Gasteiger partial charge in [-0.25, -0.2) is 18.3 Å². The summed E-state index contributed by atoms with van der Waals surface area (Å²) in [7, 11) is 1.64. The second-order valence-corrected chi connectivity index (χ2v) is 9.74. The van der Waals surface area contributed by atoms with E-state index in [9.17, 15) is 13.6 Å². The quantitative estimate of drug-likeness (QED) is 0.512. The number of anilines is 1. The van der Waals surface area contributed by atoms with Crippen LogP contribution in [0.5, 0.6) is 0 Å². The van der Waals surface area contributed by atoms with Crippen molar-refractivity contribution >= 4 is 23.6 Å². The average molecular weight is 500 g/mol. The molecule has 3 heterocycles. The van der Waals surface area contributed by atoms with E-state index in [-0.39, 0.29) is 18.0 Å². The van der Waals surface area contributed by atoms with Gasteiger partial charge >= 0.3 is 6.03 Å². The molecule has 2 aromatic carbocycles. The van der Waals surface area contributed by atoms with E-state index in [0.29, 0.717) is 37.6 Å². The number of likely N-dealkylation sites (tertiary alicyclic amines) is 1. The minimum atomic E-state index is -0.888. The molecule has 7 nitrogen and oxygen atoms in total. The molecule has 2 atom stereocenters. The first-order valence-electron chi connectivity index (χ1n) is 11.5. The molecule has 2 aliphatic rings. The van der Waals surface area contributed by atoms with Gasteiger partial charge in [0.05, 0.1) is 24.0 Å². The summed E-state index contributed by atoms with van der Waals surface area (Å²) in [6.07, 6.45) is 0. The molecule has 0 aliphatic carbocycles. The lowest BCUT2D eigenvalue weighted by Gasteiger charge is -2.21. The molecule has 1 fully saturated rings. The van der Waals surface area contributed by atoms with E-state index in [2.05, 4.69) is 15.5 Å². The highest BCUT2D eigenvalue weighted by molar-refractivity contribution is 7.98. The van der Waals surface area contributed by atoms with E-state index in [1.165, 1.54) is 6.07 Å². The van der Waals surface area contributed by atoms with Crippen LogP contribution in [-0.4, -0.2) is 60.1 Å². The molecule has 184 valence electrons. The predicted octanol–water partition coefficient (Wildman–Crippen LogP) is 4.13. The maximum Gasteiger partial charge on any atom is 0.320 e. The highest BCUT2D eigenvalue weighted by Gasteiger charge is 2.35. The number of carbonyl (C=O) groups excluding carboxylic acids is 1. The summed E-state index contributed by atoms with van der Waals surface area (Å²) in [6.45, 7) is 2.41. The van der Waals surface area contributed by atoms with Gasteiger partial charge in [0.25, 0.3) is 0 Å². The Morgan fingerprint density at radius 1 is 1.14 bits per heavy atom. The Balaban J connectivity index is 1.37. The Hall–Kier alpha value is -2.95. The largest absolute Gasteiger partial charge is 0.383 e. The summed E-state index contributed by atoms with van der Waals surface area (Å²) >= 11 is 1.76. The van der Waals surface area contributed by atoms with Crippen LogP contribution in [0.25, 0.3) is 5.69 Å². The van der Waals surface area contributed by atoms with Gasteiger partial charge in [-0.15, -0.1) is 0 Å². The molecule has 2 amide bonds. The number of rotatable bonds is 7. The van der Waals surface area contributed by atoms with Gasteiger partial charge in [0.1, 0.15) is 5.82 Å². The van der Waals surface area contributed by atoms with Crippen LogP contribution in [0.4, 0.5) is 19.4 Å². The van der Waals surface area contributed by atoms with Crippen LogP contribution in [0.3, 0.4) is 0 Å². The Kier molecular flexibility index (Phi) is 7.03. The molecule has 0 radical (unpaired) electrons. The van der Waals surface area contributed by atoms with Gasteiger partial charge in [-0.1, -0.05) is 24.3 Å². The minimum Gasteiger partial charge on any atom is -0.383 e. The number of aromatic nitrogens is 2. The third-order valence-corrected chi connectivity index (χ3v) is 7.45. The standard InChI is InChI=1S/C25H27F2N5O2S/c1-34-10-9-31-12-18(16-7-8-20(26)21(27)11-16)22(13-31)28-25(33)29-24-19-14-35-15-23(19)30-32(24)17-5-3-2-4-6-17/h2-8,11,18,22H,9-10,12-15H2,1H3,(H2,28,29,33). The second-order valence-electron chi connectivity index (χ2n) is 8.75. The zero-order chi connectivity index (χ0) is 24.4. The van der Waals surface area contributed by atoms with Crippen molar-refractivity contribution in [3.8, 4) is 5.69 Å². The smallest absolute Gasteiger partial charge is 0.320 e. The van der Waals surface area contributed by atoms with Crippen LogP contribution in [0.2, 0.25) is 0 Å². The van der Waals surface area contributed by atoms with Gasteiger partial charge in [-0.05, 0) is 29.8 Å². The van der Waals surface area contributed by atoms with Crippen molar-refractivity contribution in [2.45, 2.75) is 23.5 Å². The van der Waals surface area contributed by atoms with Crippen molar-refractivity contribution in [3.05, 3.63) is 77.0 Å². The number of methoxy groups -OCH3 is 1. The number of para-hydroxylation sites is 1. The lowest BCUT2D eigenvalue weighted by molar-refractivity contribution is 0.159. The summed E-state index contributed by atoms with van der Waals surface area (Å²) in [6, 6.07) is 13.0. The second kappa shape index (κ2) is 10.3. The van der Waals surface area contributed by atoms with Crippen LogP contribution in [0.1, 0.15) is 22.7 Å². The van der Waals surface area contributed by atoms with E-state index in [0.717, 1.165) is 34.5 Å². The van der Waals surface area contributed by atoms with Gasteiger partial charge in [-0.2, -0.15) is 16.9 Å². The number of fused-ring (bicyclic) bond motifs is 1. The van der Waals surface area contributed by atoms with Crippen molar-refractivity contribution in [2.75, 3.05) is 38.7 Å². The molecule has 35 heavy (non-hydrogen) atoms. The highest BCUT2D eigenvalue weighted by Crippen LogP contribution is 2.36. The number of hydrogen-bond acceptors (Lipinski definition) is 5. The maximum atomic E-state index is 14.0. The van der Waals surface area contributed by atoms with Crippen molar-refractivity contribution in [2.24, 2.45) is 0 Å². The number of halogens is 2. The van der Waals surface area contributed by atoms with Gasteiger partial charge in [-0.3, -0.25) is 10.2 Å². The first-order valence-corrected chi connectivity index (χ1v) is 12.7. The number of urea groups is 1. The fourth-order valence-electron chi connectivity index (χ4n) is 4.72. The number of nitrogens with one attached hydrogen (secondary N) is 2. The number of benzene rings is 2. The number of nitrogens with zero attached hydrogens (tertiary/aromatic N) is 3. The minimum absolute atomic E-state index is 0.187. The third kappa shape index (κ3) is 5.05. The summed E-state index contributed by atoms with van der Waals surface area (Å²) in [4.78, 5) is 15.4. The van der Waals surface area contributed by atoms with Crippen LogP contribution in [0.15, 0.2) is 48.5 Å². The molecule has 2 unspecified atom stereocenters. The SMILES string of the molecule is COCCN1CC(NC(=O)Nc2c3c(nn2-c2ccccc2)CSC3)C(c2ccc(F)c(F)c2)C1. The van der Waals surface area contributed by atoms with Crippen LogP contribution < -0.4 is 10.6 Å². The fraction of sp³-hybridized carbons (Fsp3) is 0.360. The molecule has 0 bridgehead atoms. The van der Waals surface area contributed by atoms with Gasteiger partial charge in [0.15, 0.2) is 11.6 Å². The molecule has 1 saturated heterocycles. The zero-order valence-corrected chi connectivity index (χ0v) is 20.2. The normalized spacial score (nSPS) is 19.6. The Morgan fingerprint density at radius 2 is 1.97 bits per heavy atom. The van der Waals surface area contributed by atoms with Gasteiger partial charge < -0.3 is 10.1 Å². The molecule has 0 spiro atoms. The first-order chi connectivity index (χ1) is 17.0. The molecule has 0 saturated carbocycles. The molecule has 3 aromatic rings. The molecule has 5 rings (SSSR count). The van der Waals surface area contributed by atoms with Crippen molar-refractivity contribution in [1.29, 1.82) is 0 Å². The fourth-order valence-corrected chi connectivity index (χ4v) is 5.76. The van der Waals surface area contributed by atoms with E-state index in [1.807, 2.05) is 30.3 Å². The monoisotopic (exact) mass is 499 g/mol. The van der Waals surface area contributed by atoms with Gasteiger partial charge in [0, 0.05) is 49.7 Å². The maximum absolute atomic E-state index is 14.0. The van der Waals surface area contributed by atoms with Crippen molar-refractivity contribution < 1.29 is 18.3 Å². The molecule has 2 N–H and O–H groups in total. The van der Waals surface area contributed by atoms with E-state index >= 15 is 0 Å². The lowest BCUT2D eigenvalue weighted by atomic mass is 9.94. The Bertz CT molecular complexity index is 1210.